The molecule has 126 valence electrons. The number of alkyl halides is 2. The molecule has 1 aromatic carbocycles. The van der Waals surface area contributed by atoms with E-state index < -0.39 is 6.61 Å². The molecule has 1 amide bonds. The van der Waals surface area contributed by atoms with Gasteiger partial charge in [-0.2, -0.15) is 8.78 Å². The third-order valence-electron chi connectivity index (χ3n) is 3.33. The molecule has 2 N–H and O–H groups in total. The van der Waals surface area contributed by atoms with Crippen molar-refractivity contribution in [2.24, 2.45) is 11.7 Å². The molecule has 0 fully saturated rings. The van der Waals surface area contributed by atoms with Gasteiger partial charge in [-0.15, -0.1) is 12.4 Å². The van der Waals surface area contributed by atoms with Crippen LogP contribution in [0.25, 0.3) is 0 Å². The molecule has 1 rings (SSSR count). The second-order valence-electron chi connectivity index (χ2n) is 5.30. The van der Waals surface area contributed by atoms with Gasteiger partial charge in [0.2, 0.25) is 0 Å². The molecule has 0 aliphatic rings. The van der Waals surface area contributed by atoms with Crippen LogP contribution in [0.3, 0.4) is 0 Å². The summed E-state index contributed by atoms with van der Waals surface area (Å²) in [5, 5.41) is 0. The van der Waals surface area contributed by atoms with Gasteiger partial charge in [-0.3, -0.25) is 4.79 Å². The predicted molar refractivity (Wildman–Crippen MR) is 84.7 cm³/mol. The minimum absolute atomic E-state index is 0. The van der Waals surface area contributed by atoms with Crippen molar-refractivity contribution < 1.29 is 18.3 Å². The number of amides is 1. The van der Waals surface area contributed by atoms with E-state index in [4.69, 9.17) is 5.73 Å². The number of para-hydroxylation sites is 1. The highest BCUT2D eigenvalue weighted by molar-refractivity contribution is 5.96. The van der Waals surface area contributed by atoms with Crippen LogP contribution in [0, 0.1) is 5.92 Å². The van der Waals surface area contributed by atoms with Crippen LogP contribution >= 0.6 is 12.4 Å². The predicted octanol–water partition coefficient (Wildman–Crippen LogP) is 3.16. The summed E-state index contributed by atoms with van der Waals surface area (Å²) in [4.78, 5) is 13.8. The normalized spacial score (nSPS) is 12.0. The van der Waals surface area contributed by atoms with Crippen LogP contribution in [0.1, 0.15) is 30.6 Å². The molecule has 0 bridgehead atoms. The summed E-state index contributed by atoms with van der Waals surface area (Å²) in [6.07, 6.45) is 0.651. The number of ether oxygens (including phenoxy) is 1. The van der Waals surface area contributed by atoms with Crippen molar-refractivity contribution in [1.82, 2.24) is 4.90 Å². The molecule has 1 unspecified atom stereocenters. The molecule has 7 heteroatoms. The number of rotatable bonds is 7. The van der Waals surface area contributed by atoms with Gasteiger partial charge in [0, 0.05) is 19.6 Å². The third kappa shape index (κ3) is 6.15. The molecule has 0 radical (unpaired) electrons. The fourth-order valence-electron chi connectivity index (χ4n) is 1.83. The fourth-order valence-corrected chi connectivity index (χ4v) is 1.83. The first kappa shape index (κ1) is 20.6. The van der Waals surface area contributed by atoms with Gasteiger partial charge in [0.25, 0.3) is 5.91 Å². The van der Waals surface area contributed by atoms with Crippen LogP contribution in [0.4, 0.5) is 8.78 Å². The maximum atomic E-state index is 12.3. The summed E-state index contributed by atoms with van der Waals surface area (Å²) in [6, 6.07) is 5.97. The lowest BCUT2D eigenvalue weighted by Gasteiger charge is -2.22. The van der Waals surface area contributed by atoms with E-state index in [9.17, 15) is 13.6 Å². The second kappa shape index (κ2) is 9.58. The first-order valence-corrected chi connectivity index (χ1v) is 6.87. The van der Waals surface area contributed by atoms with E-state index in [0.717, 1.165) is 0 Å². The van der Waals surface area contributed by atoms with Crippen LogP contribution in [-0.2, 0) is 0 Å². The molecule has 0 heterocycles. The highest BCUT2D eigenvalue weighted by atomic mass is 35.5. The van der Waals surface area contributed by atoms with Gasteiger partial charge in [-0.1, -0.05) is 26.0 Å². The molecule has 0 spiro atoms. The fraction of sp³-hybridized carbons (Fsp3) is 0.533. The van der Waals surface area contributed by atoms with E-state index in [2.05, 4.69) is 4.74 Å². The maximum absolute atomic E-state index is 12.3. The molecule has 1 aromatic rings. The monoisotopic (exact) mass is 336 g/mol. The molecule has 1 atom stereocenters. The number of nitrogens with two attached hydrogens (primary N) is 1. The molecule has 22 heavy (non-hydrogen) atoms. The lowest BCUT2D eigenvalue weighted by molar-refractivity contribution is -0.0502. The van der Waals surface area contributed by atoms with Gasteiger partial charge in [-0.25, -0.2) is 0 Å². The number of nitrogens with zero attached hydrogens (tertiary/aromatic N) is 1. The van der Waals surface area contributed by atoms with Crippen molar-refractivity contribution in [3.8, 4) is 5.75 Å². The summed E-state index contributed by atoms with van der Waals surface area (Å²) in [5.74, 6) is -0.150. The van der Waals surface area contributed by atoms with E-state index in [1.807, 2.05) is 13.8 Å². The standard InChI is InChI=1S/C15H22F2N2O2.ClH/c1-10(2)12(18)8-9-19(3)14(20)11-6-4-5-7-13(11)21-15(16)17;/h4-7,10,12,15H,8-9,18H2,1-3H3;1H. The SMILES string of the molecule is CC(C)C(N)CCN(C)C(=O)c1ccccc1OC(F)F.Cl. The lowest BCUT2D eigenvalue weighted by atomic mass is 10.0. The highest BCUT2D eigenvalue weighted by Crippen LogP contribution is 2.21. The zero-order chi connectivity index (χ0) is 16.0. The number of carbonyl (C=O) groups is 1. The third-order valence-corrected chi connectivity index (χ3v) is 3.33. The van der Waals surface area contributed by atoms with E-state index in [1.54, 1.807) is 19.2 Å². The largest absolute Gasteiger partial charge is 0.434 e. The van der Waals surface area contributed by atoms with Crippen LogP contribution in [0.15, 0.2) is 24.3 Å². The minimum atomic E-state index is -2.96. The van der Waals surface area contributed by atoms with E-state index >= 15 is 0 Å². The van der Waals surface area contributed by atoms with Crippen molar-refractivity contribution in [1.29, 1.82) is 0 Å². The number of carbonyl (C=O) groups excluding carboxylic acids is 1. The Morgan fingerprint density at radius 1 is 1.32 bits per heavy atom. The molecule has 0 saturated carbocycles. The Morgan fingerprint density at radius 2 is 1.91 bits per heavy atom. The van der Waals surface area contributed by atoms with Crippen LogP contribution in [0.2, 0.25) is 0 Å². The van der Waals surface area contributed by atoms with Crippen LogP contribution in [0.5, 0.6) is 5.75 Å². The second-order valence-corrected chi connectivity index (χ2v) is 5.30. The van der Waals surface area contributed by atoms with Crippen molar-refractivity contribution in [3.05, 3.63) is 29.8 Å². The average Bonchev–Trinajstić information content (AvgIpc) is 2.43. The van der Waals surface area contributed by atoms with Gasteiger partial charge >= 0.3 is 6.61 Å². The van der Waals surface area contributed by atoms with Gasteiger partial charge in [0.05, 0.1) is 5.56 Å². The Bertz CT molecular complexity index is 473. The van der Waals surface area contributed by atoms with Crippen molar-refractivity contribution in [3.63, 3.8) is 0 Å². The number of hydrogen-bond donors (Lipinski definition) is 1. The number of halogens is 3. The summed E-state index contributed by atoms with van der Waals surface area (Å²) in [5.41, 5.74) is 6.06. The zero-order valence-electron chi connectivity index (χ0n) is 13.0. The van der Waals surface area contributed by atoms with Crippen molar-refractivity contribution in [2.75, 3.05) is 13.6 Å². The van der Waals surface area contributed by atoms with Crippen molar-refractivity contribution in [2.45, 2.75) is 32.9 Å². The molecule has 4 nitrogen and oxygen atoms in total. The molecular formula is C15H23ClF2N2O2. The van der Waals surface area contributed by atoms with Crippen molar-refractivity contribution >= 4 is 18.3 Å². The van der Waals surface area contributed by atoms with Gasteiger partial charge < -0.3 is 15.4 Å². The number of benzene rings is 1. The summed E-state index contributed by atoms with van der Waals surface area (Å²) < 4.78 is 29.1. The zero-order valence-corrected chi connectivity index (χ0v) is 13.8. The van der Waals surface area contributed by atoms with Crippen LogP contribution in [-0.4, -0.2) is 37.1 Å². The summed E-state index contributed by atoms with van der Waals surface area (Å²) >= 11 is 0. The average molecular weight is 337 g/mol. The topological polar surface area (TPSA) is 55.6 Å². The van der Waals surface area contributed by atoms with Gasteiger partial charge in [0.15, 0.2) is 0 Å². The maximum Gasteiger partial charge on any atom is 0.387 e. The van der Waals surface area contributed by atoms with E-state index in [-0.39, 0.29) is 35.7 Å². The molecule has 0 aliphatic carbocycles. The van der Waals surface area contributed by atoms with Gasteiger partial charge in [0.1, 0.15) is 5.75 Å². The van der Waals surface area contributed by atoms with E-state index in [1.165, 1.54) is 17.0 Å². The summed E-state index contributed by atoms with van der Waals surface area (Å²) in [7, 11) is 1.62. The molecule has 0 saturated heterocycles. The quantitative estimate of drug-likeness (QED) is 0.832. The molecular weight excluding hydrogens is 314 g/mol. The smallest absolute Gasteiger partial charge is 0.387 e. The number of hydrogen-bond acceptors (Lipinski definition) is 3. The lowest BCUT2D eigenvalue weighted by Crippen LogP contribution is -2.34. The van der Waals surface area contributed by atoms with Gasteiger partial charge in [-0.05, 0) is 24.5 Å². The summed E-state index contributed by atoms with van der Waals surface area (Å²) in [6.45, 7) is 1.52. The Morgan fingerprint density at radius 3 is 2.45 bits per heavy atom. The van der Waals surface area contributed by atoms with E-state index in [0.29, 0.717) is 18.9 Å². The first-order chi connectivity index (χ1) is 9.82. The Balaban J connectivity index is 0.00000441. The Kier molecular flexibility index (Phi) is 8.97. The highest BCUT2D eigenvalue weighted by Gasteiger charge is 2.19. The molecule has 0 aromatic heterocycles. The van der Waals surface area contributed by atoms with Crippen LogP contribution < -0.4 is 10.5 Å². The Hall–Kier alpha value is -1.40. The molecule has 0 aliphatic heterocycles. The Labute approximate surface area is 136 Å². The minimum Gasteiger partial charge on any atom is -0.434 e. The first-order valence-electron chi connectivity index (χ1n) is 6.87.